The highest BCUT2D eigenvalue weighted by atomic mass is 16.5. The summed E-state index contributed by atoms with van der Waals surface area (Å²) in [5.41, 5.74) is 0. The van der Waals surface area contributed by atoms with Gasteiger partial charge in [0.15, 0.2) is 5.78 Å². The fourth-order valence-corrected chi connectivity index (χ4v) is 1.73. The van der Waals surface area contributed by atoms with Gasteiger partial charge in [0.05, 0.1) is 6.61 Å². The van der Waals surface area contributed by atoms with E-state index in [0.717, 1.165) is 19.4 Å². The zero-order valence-corrected chi connectivity index (χ0v) is 9.12. The molecule has 3 heteroatoms. The first-order valence-electron chi connectivity index (χ1n) is 5.51. The number of carbonyl (C=O) groups excluding carboxylic acids is 1. The lowest BCUT2D eigenvalue weighted by Gasteiger charge is -2.20. The molecule has 0 aromatic carbocycles. The summed E-state index contributed by atoms with van der Waals surface area (Å²) in [4.78, 5) is 11.6. The number of rotatable bonds is 6. The smallest absolute Gasteiger partial charge is 0.161 e. The SMILES string of the molecule is CCCOC(C(=O)CC)C1CCOC1. The van der Waals surface area contributed by atoms with Crippen LogP contribution in [0.5, 0.6) is 0 Å². The summed E-state index contributed by atoms with van der Waals surface area (Å²) in [5, 5.41) is 0. The van der Waals surface area contributed by atoms with Gasteiger partial charge in [0.1, 0.15) is 6.10 Å². The van der Waals surface area contributed by atoms with E-state index in [1.807, 2.05) is 6.92 Å². The molecule has 82 valence electrons. The first kappa shape index (κ1) is 11.7. The third-order valence-electron chi connectivity index (χ3n) is 2.56. The molecule has 1 aliphatic rings. The highest BCUT2D eigenvalue weighted by Crippen LogP contribution is 2.21. The second kappa shape index (κ2) is 6.14. The zero-order valence-electron chi connectivity index (χ0n) is 9.12. The third kappa shape index (κ3) is 3.07. The van der Waals surface area contributed by atoms with E-state index in [4.69, 9.17) is 9.47 Å². The van der Waals surface area contributed by atoms with Crippen LogP contribution in [0.25, 0.3) is 0 Å². The second-order valence-corrected chi connectivity index (χ2v) is 3.73. The molecule has 1 saturated heterocycles. The van der Waals surface area contributed by atoms with Gasteiger partial charge in [-0.1, -0.05) is 13.8 Å². The van der Waals surface area contributed by atoms with Crippen LogP contribution in [0.2, 0.25) is 0 Å². The molecule has 0 N–H and O–H groups in total. The Hall–Kier alpha value is -0.410. The van der Waals surface area contributed by atoms with Crippen molar-refractivity contribution in [3.63, 3.8) is 0 Å². The van der Waals surface area contributed by atoms with Gasteiger partial charge in [-0.15, -0.1) is 0 Å². The van der Waals surface area contributed by atoms with Crippen LogP contribution in [0.3, 0.4) is 0 Å². The summed E-state index contributed by atoms with van der Waals surface area (Å²) in [6, 6.07) is 0. The number of hydrogen-bond acceptors (Lipinski definition) is 3. The summed E-state index contributed by atoms with van der Waals surface area (Å²) in [7, 11) is 0. The van der Waals surface area contributed by atoms with Gasteiger partial charge in [0.2, 0.25) is 0 Å². The third-order valence-corrected chi connectivity index (χ3v) is 2.56. The molecule has 2 unspecified atom stereocenters. The summed E-state index contributed by atoms with van der Waals surface area (Å²) in [5.74, 6) is 0.503. The lowest BCUT2D eigenvalue weighted by molar-refractivity contribution is -0.134. The van der Waals surface area contributed by atoms with E-state index in [2.05, 4.69) is 6.92 Å². The second-order valence-electron chi connectivity index (χ2n) is 3.73. The van der Waals surface area contributed by atoms with Gasteiger partial charge in [-0.2, -0.15) is 0 Å². The molecule has 14 heavy (non-hydrogen) atoms. The highest BCUT2D eigenvalue weighted by Gasteiger charge is 2.30. The van der Waals surface area contributed by atoms with Gasteiger partial charge in [0, 0.05) is 25.6 Å². The van der Waals surface area contributed by atoms with Gasteiger partial charge < -0.3 is 9.47 Å². The molecule has 0 amide bonds. The first-order valence-corrected chi connectivity index (χ1v) is 5.51. The van der Waals surface area contributed by atoms with Crippen LogP contribution < -0.4 is 0 Å². The highest BCUT2D eigenvalue weighted by molar-refractivity contribution is 5.83. The largest absolute Gasteiger partial charge is 0.381 e. The average molecular weight is 200 g/mol. The van der Waals surface area contributed by atoms with Crippen molar-refractivity contribution in [3.8, 4) is 0 Å². The van der Waals surface area contributed by atoms with E-state index in [9.17, 15) is 4.79 Å². The Labute approximate surface area is 85.8 Å². The van der Waals surface area contributed by atoms with Crippen molar-refractivity contribution in [1.82, 2.24) is 0 Å². The van der Waals surface area contributed by atoms with Crippen LogP contribution in [-0.2, 0) is 14.3 Å². The van der Waals surface area contributed by atoms with E-state index in [0.29, 0.717) is 19.6 Å². The van der Waals surface area contributed by atoms with Crippen LogP contribution in [-0.4, -0.2) is 31.7 Å². The normalized spacial score (nSPS) is 23.7. The topological polar surface area (TPSA) is 35.5 Å². The van der Waals surface area contributed by atoms with Crippen LogP contribution in [0.4, 0.5) is 0 Å². The Morgan fingerprint density at radius 2 is 2.36 bits per heavy atom. The molecule has 1 rings (SSSR count). The van der Waals surface area contributed by atoms with Gasteiger partial charge in [-0.3, -0.25) is 4.79 Å². The van der Waals surface area contributed by atoms with Crippen LogP contribution in [0, 0.1) is 5.92 Å². The number of hydrogen-bond donors (Lipinski definition) is 0. The Balaban J connectivity index is 2.46. The molecule has 0 aromatic rings. The summed E-state index contributed by atoms with van der Waals surface area (Å²) in [6.07, 6.45) is 2.26. The van der Waals surface area contributed by atoms with Crippen molar-refractivity contribution in [2.45, 2.75) is 39.2 Å². The molecule has 1 heterocycles. The molecular formula is C11H20O3. The molecule has 0 aromatic heterocycles. The minimum Gasteiger partial charge on any atom is -0.381 e. The molecule has 0 aliphatic carbocycles. The Kier molecular flexibility index (Phi) is 5.12. The molecule has 2 atom stereocenters. The van der Waals surface area contributed by atoms with E-state index >= 15 is 0 Å². The predicted octanol–water partition coefficient (Wildman–Crippen LogP) is 1.80. The molecule has 0 saturated carbocycles. The van der Waals surface area contributed by atoms with Crippen molar-refractivity contribution in [2.24, 2.45) is 5.92 Å². The Morgan fingerprint density at radius 1 is 1.57 bits per heavy atom. The lowest BCUT2D eigenvalue weighted by Crippen LogP contribution is -2.32. The maximum atomic E-state index is 11.6. The lowest BCUT2D eigenvalue weighted by atomic mass is 9.97. The van der Waals surface area contributed by atoms with Crippen molar-refractivity contribution >= 4 is 5.78 Å². The van der Waals surface area contributed by atoms with Crippen molar-refractivity contribution < 1.29 is 14.3 Å². The zero-order chi connectivity index (χ0) is 10.4. The van der Waals surface area contributed by atoms with Crippen LogP contribution >= 0.6 is 0 Å². The average Bonchev–Trinajstić information content (AvgIpc) is 2.71. The van der Waals surface area contributed by atoms with Gasteiger partial charge in [0.25, 0.3) is 0 Å². The Morgan fingerprint density at radius 3 is 2.86 bits per heavy atom. The number of carbonyl (C=O) groups is 1. The maximum Gasteiger partial charge on any atom is 0.161 e. The van der Waals surface area contributed by atoms with Crippen LogP contribution in [0.1, 0.15) is 33.1 Å². The molecule has 0 radical (unpaired) electrons. The summed E-state index contributed by atoms with van der Waals surface area (Å²) >= 11 is 0. The standard InChI is InChI=1S/C11H20O3/c1-3-6-14-11(10(12)4-2)9-5-7-13-8-9/h9,11H,3-8H2,1-2H3. The molecule has 0 bridgehead atoms. The summed E-state index contributed by atoms with van der Waals surface area (Å²) < 4.78 is 10.9. The molecule has 3 nitrogen and oxygen atoms in total. The fraction of sp³-hybridized carbons (Fsp3) is 0.909. The van der Waals surface area contributed by atoms with Gasteiger partial charge in [-0.05, 0) is 12.8 Å². The number of ether oxygens (including phenoxy) is 2. The van der Waals surface area contributed by atoms with Gasteiger partial charge in [-0.25, -0.2) is 0 Å². The quantitative estimate of drug-likeness (QED) is 0.656. The number of Topliss-reactive ketones (excluding diaryl/α,β-unsaturated/α-hetero) is 1. The van der Waals surface area contributed by atoms with Gasteiger partial charge >= 0.3 is 0 Å². The monoisotopic (exact) mass is 200 g/mol. The minimum absolute atomic E-state index is 0.217. The van der Waals surface area contributed by atoms with E-state index in [1.54, 1.807) is 0 Å². The molecule has 1 aliphatic heterocycles. The number of ketones is 1. The van der Waals surface area contributed by atoms with E-state index < -0.39 is 0 Å². The van der Waals surface area contributed by atoms with Crippen molar-refractivity contribution in [3.05, 3.63) is 0 Å². The first-order chi connectivity index (χ1) is 6.79. The van der Waals surface area contributed by atoms with Crippen molar-refractivity contribution in [1.29, 1.82) is 0 Å². The molecular weight excluding hydrogens is 180 g/mol. The summed E-state index contributed by atoms with van der Waals surface area (Å²) in [6.45, 7) is 6.07. The maximum absolute atomic E-state index is 11.6. The van der Waals surface area contributed by atoms with E-state index in [1.165, 1.54) is 0 Å². The molecule has 1 fully saturated rings. The molecule has 0 spiro atoms. The fourth-order valence-electron chi connectivity index (χ4n) is 1.73. The van der Waals surface area contributed by atoms with Crippen molar-refractivity contribution in [2.75, 3.05) is 19.8 Å². The predicted molar refractivity (Wildman–Crippen MR) is 54.3 cm³/mol. The Bertz CT molecular complexity index is 173. The van der Waals surface area contributed by atoms with Crippen LogP contribution in [0.15, 0.2) is 0 Å². The minimum atomic E-state index is -0.220. The van der Waals surface area contributed by atoms with E-state index in [-0.39, 0.29) is 17.8 Å².